The van der Waals surface area contributed by atoms with Crippen LogP contribution in [0.5, 0.6) is 0 Å². The largest absolute Gasteiger partial charge is 0.376 e. The second-order valence-electron chi connectivity index (χ2n) is 5.93. The van der Waals surface area contributed by atoms with Gasteiger partial charge >= 0.3 is 0 Å². The molecule has 0 spiro atoms. The van der Waals surface area contributed by atoms with Gasteiger partial charge in [-0.3, -0.25) is 0 Å². The van der Waals surface area contributed by atoms with Gasteiger partial charge in [0.25, 0.3) is 10.2 Å². The monoisotopic (exact) mass is 328 g/mol. The van der Waals surface area contributed by atoms with Crippen LogP contribution >= 0.6 is 0 Å². The standard InChI is InChI=1S/C15H21FN2O3S/c1-11-10-17(7-8-21-11)22(19,20)18-6-5-13-3-4-14(16)9-15(13)12(18)2/h3-4,9,11-12H,5-8,10H2,1-2H3/t11-,12+/m0/s1. The Morgan fingerprint density at radius 2 is 2.05 bits per heavy atom. The van der Waals surface area contributed by atoms with Crippen molar-refractivity contribution in [2.24, 2.45) is 0 Å². The lowest BCUT2D eigenvalue weighted by Crippen LogP contribution is -2.52. The quantitative estimate of drug-likeness (QED) is 0.830. The van der Waals surface area contributed by atoms with Crippen molar-refractivity contribution in [3.8, 4) is 0 Å². The summed E-state index contributed by atoms with van der Waals surface area (Å²) in [5, 5.41) is 0. The third-order valence-electron chi connectivity index (χ3n) is 4.42. The fraction of sp³-hybridized carbons (Fsp3) is 0.600. The molecular formula is C15H21FN2O3S. The van der Waals surface area contributed by atoms with Crippen molar-refractivity contribution in [1.29, 1.82) is 0 Å². The Balaban J connectivity index is 1.89. The van der Waals surface area contributed by atoms with Gasteiger partial charge in [-0.05, 0) is 43.5 Å². The molecule has 0 amide bonds. The fourth-order valence-corrected chi connectivity index (χ4v) is 5.06. The highest BCUT2D eigenvalue weighted by Gasteiger charge is 2.38. The van der Waals surface area contributed by atoms with Crippen LogP contribution in [-0.4, -0.2) is 49.4 Å². The third-order valence-corrected chi connectivity index (χ3v) is 6.49. The Hall–Kier alpha value is -1.02. The lowest BCUT2D eigenvalue weighted by atomic mass is 9.95. The highest BCUT2D eigenvalue weighted by molar-refractivity contribution is 7.86. The van der Waals surface area contributed by atoms with Crippen molar-refractivity contribution < 1.29 is 17.5 Å². The molecule has 7 heteroatoms. The van der Waals surface area contributed by atoms with E-state index in [1.54, 1.807) is 6.07 Å². The van der Waals surface area contributed by atoms with Gasteiger partial charge in [0.05, 0.1) is 12.7 Å². The summed E-state index contributed by atoms with van der Waals surface area (Å²) in [6.45, 7) is 5.25. The Bertz CT molecular complexity index is 665. The second kappa shape index (κ2) is 5.88. The van der Waals surface area contributed by atoms with Crippen molar-refractivity contribution in [3.05, 3.63) is 35.1 Å². The van der Waals surface area contributed by atoms with Crippen LogP contribution in [0.25, 0.3) is 0 Å². The van der Waals surface area contributed by atoms with E-state index in [9.17, 15) is 12.8 Å². The fourth-order valence-electron chi connectivity index (χ4n) is 3.22. The first kappa shape index (κ1) is 15.9. The summed E-state index contributed by atoms with van der Waals surface area (Å²) < 4.78 is 47.7. The summed E-state index contributed by atoms with van der Waals surface area (Å²) in [5.74, 6) is -0.329. The molecule has 0 unspecified atom stereocenters. The molecule has 1 fully saturated rings. The first-order valence-electron chi connectivity index (χ1n) is 7.56. The number of hydrogen-bond donors (Lipinski definition) is 0. The molecule has 1 saturated heterocycles. The van der Waals surface area contributed by atoms with Gasteiger partial charge in [-0.15, -0.1) is 0 Å². The minimum absolute atomic E-state index is 0.103. The molecule has 5 nitrogen and oxygen atoms in total. The maximum absolute atomic E-state index is 13.5. The van der Waals surface area contributed by atoms with E-state index in [1.165, 1.54) is 20.7 Å². The molecule has 0 aliphatic carbocycles. The summed E-state index contributed by atoms with van der Waals surface area (Å²) in [5.41, 5.74) is 1.78. The minimum atomic E-state index is -3.56. The van der Waals surface area contributed by atoms with Gasteiger partial charge in [-0.25, -0.2) is 4.39 Å². The van der Waals surface area contributed by atoms with Gasteiger partial charge in [-0.1, -0.05) is 6.07 Å². The molecule has 3 rings (SSSR count). The SMILES string of the molecule is C[C@@H]1c2cc(F)ccc2CCN1S(=O)(=O)N1CCO[C@@H](C)C1. The first-order valence-corrected chi connectivity index (χ1v) is 8.96. The van der Waals surface area contributed by atoms with Crippen molar-refractivity contribution in [2.45, 2.75) is 32.4 Å². The van der Waals surface area contributed by atoms with E-state index in [1.807, 2.05) is 13.8 Å². The molecule has 1 aromatic carbocycles. The summed E-state index contributed by atoms with van der Waals surface area (Å²) >= 11 is 0. The van der Waals surface area contributed by atoms with Gasteiger partial charge in [0, 0.05) is 25.7 Å². The number of nitrogens with zero attached hydrogens (tertiary/aromatic N) is 2. The number of morpholine rings is 1. The van der Waals surface area contributed by atoms with Crippen molar-refractivity contribution in [3.63, 3.8) is 0 Å². The number of halogens is 1. The van der Waals surface area contributed by atoms with Crippen LogP contribution in [0.15, 0.2) is 18.2 Å². The zero-order valence-corrected chi connectivity index (χ0v) is 13.6. The molecule has 0 aromatic heterocycles. The average Bonchev–Trinajstić information content (AvgIpc) is 2.48. The third kappa shape index (κ3) is 2.78. The molecule has 1 aromatic rings. The number of hydrogen-bond acceptors (Lipinski definition) is 3. The van der Waals surface area contributed by atoms with Crippen molar-refractivity contribution in [1.82, 2.24) is 8.61 Å². The molecule has 122 valence electrons. The molecule has 2 aliphatic heterocycles. The van der Waals surface area contributed by atoms with Crippen molar-refractivity contribution in [2.75, 3.05) is 26.2 Å². The topological polar surface area (TPSA) is 49.9 Å². The maximum atomic E-state index is 13.5. The van der Waals surface area contributed by atoms with E-state index in [4.69, 9.17) is 4.74 Å². The smallest absolute Gasteiger partial charge is 0.282 e. The van der Waals surface area contributed by atoms with Crippen LogP contribution in [0.2, 0.25) is 0 Å². The predicted molar refractivity (Wildman–Crippen MR) is 81.1 cm³/mol. The van der Waals surface area contributed by atoms with Crippen LogP contribution < -0.4 is 0 Å². The molecule has 2 heterocycles. The van der Waals surface area contributed by atoms with Crippen LogP contribution in [-0.2, 0) is 21.4 Å². The second-order valence-corrected chi connectivity index (χ2v) is 7.81. The average molecular weight is 328 g/mol. The van der Waals surface area contributed by atoms with E-state index < -0.39 is 10.2 Å². The Kier molecular flexibility index (Phi) is 4.24. The van der Waals surface area contributed by atoms with Gasteiger partial charge < -0.3 is 4.74 Å². The minimum Gasteiger partial charge on any atom is -0.376 e. The van der Waals surface area contributed by atoms with Crippen LogP contribution in [0.1, 0.15) is 31.0 Å². The summed E-state index contributed by atoms with van der Waals surface area (Å²) in [6.07, 6.45) is 0.507. The molecule has 0 bridgehead atoms. The molecule has 0 radical (unpaired) electrons. The van der Waals surface area contributed by atoms with Crippen LogP contribution in [0.4, 0.5) is 4.39 Å². The molecule has 0 N–H and O–H groups in total. The highest BCUT2D eigenvalue weighted by Crippen LogP contribution is 2.33. The Labute approximate surface area is 130 Å². The van der Waals surface area contributed by atoms with Gasteiger partial charge in [0.15, 0.2) is 0 Å². The lowest BCUT2D eigenvalue weighted by molar-refractivity contribution is 0.00772. The molecule has 2 aliphatic rings. The molecule has 22 heavy (non-hydrogen) atoms. The maximum Gasteiger partial charge on any atom is 0.282 e. The Morgan fingerprint density at radius 1 is 1.27 bits per heavy atom. The molecule has 2 atom stereocenters. The highest BCUT2D eigenvalue weighted by atomic mass is 32.2. The zero-order valence-electron chi connectivity index (χ0n) is 12.8. The summed E-state index contributed by atoms with van der Waals surface area (Å²) in [4.78, 5) is 0. The van der Waals surface area contributed by atoms with Gasteiger partial charge in [0.2, 0.25) is 0 Å². The van der Waals surface area contributed by atoms with Crippen LogP contribution in [0, 0.1) is 5.82 Å². The number of ether oxygens (including phenoxy) is 1. The van der Waals surface area contributed by atoms with E-state index in [0.717, 1.165) is 11.1 Å². The van der Waals surface area contributed by atoms with Crippen molar-refractivity contribution >= 4 is 10.2 Å². The zero-order chi connectivity index (χ0) is 15.9. The van der Waals surface area contributed by atoms with Crippen LogP contribution in [0.3, 0.4) is 0 Å². The first-order chi connectivity index (χ1) is 10.4. The molecular weight excluding hydrogens is 307 g/mol. The number of fused-ring (bicyclic) bond motifs is 1. The van der Waals surface area contributed by atoms with Gasteiger partial charge in [-0.2, -0.15) is 17.0 Å². The normalized spacial score (nSPS) is 27.6. The summed E-state index contributed by atoms with van der Waals surface area (Å²) in [7, 11) is -3.56. The predicted octanol–water partition coefficient (Wildman–Crippen LogP) is 1.71. The Morgan fingerprint density at radius 3 is 2.77 bits per heavy atom. The van der Waals surface area contributed by atoms with E-state index in [2.05, 4.69) is 0 Å². The number of rotatable bonds is 2. The van der Waals surface area contributed by atoms with E-state index in [0.29, 0.717) is 32.7 Å². The summed E-state index contributed by atoms with van der Waals surface area (Å²) in [6, 6.07) is 4.27. The van der Waals surface area contributed by atoms with Gasteiger partial charge in [0.1, 0.15) is 5.82 Å². The molecule has 0 saturated carbocycles. The lowest BCUT2D eigenvalue weighted by Gasteiger charge is -2.39. The van der Waals surface area contributed by atoms with E-state index >= 15 is 0 Å². The number of benzene rings is 1. The van der Waals surface area contributed by atoms with E-state index in [-0.39, 0.29) is 18.0 Å².